The Bertz CT molecular complexity index is 128. The average Bonchev–Trinajstić information content (AvgIpc) is 1.83. The van der Waals surface area contributed by atoms with Crippen LogP contribution in [-0.2, 0) is 9.57 Å². The van der Waals surface area contributed by atoms with Gasteiger partial charge in [0.15, 0.2) is 0 Å². The first-order chi connectivity index (χ1) is 4.95. The number of hydrogen-bond acceptors (Lipinski definition) is 4. The average molecular weight is 161 g/mol. The summed E-state index contributed by atoms with van der Waals surface area (Å²) in [6.45, 7) is 6.27. The highest BCUT2D eigenvalue weighted by Crippen LogP contribution is 2.12. The Morgan fingerprint density at radius 1 is 1.45 bits per heavy atom. The molecular weight excluding hydrogens is 146 g/mol. The fourth-order valence-corrected chi connectivity index (χ4v) is 0.388. The van der Waals surface area contributed by atoms with Gasteiger partial charge in [-0.25, -0.2) is 4.79 Å². The second kappa shape index (κ2) is 4.18. The zero-order valence-electron chi connectivity index (χ0n) is 7.43. The van der Waals surface area contributed by atoms with Crippen LogP contribution in [0.25, 0.3) is 0 Å². The Kier molecular flexibility index (Phi) is 3.89. The molecule has 0 aromatic rings. The van der Waals surface area contributed by atoms with E-state index in [-0.39, 0.29) is 5.41 Å². The first-order valence-corrected chi connectivity index (χ1v) is 3.46. The van der Waals surface area contributed by atoms with Crippen molar-refractivity contribution in [3.63, 3.8) is 0 Å². The number of rotatable bonds is 2. The Morgan fingerprint density at radius 3 is 2.36 bits per heavy atom. The molecule has 0 aliphatic rings. The van der Waals surface area contributed by atoms with Crippen LogP contribution in [0, 0.1) is 5.41 Å². The SMILES string of the molecule is CNOC(=O)OCC(C)(C)C. The van der Waals surface area contributed by atoms with E-state index in [9.17, 15) is 4.79 Å². The topological polar surface area (TPSA) is 47.6 Å². The molecule has 0 radical (unpaired) electrons. The number of carbonyl (C=O) groups excluding carboxylic acids is 1. The molecule has 0 unspecified atom stereocenters. The third kappa shape index (κ3) is 7.12. The van der Waals surface area contributed by atoms with Crippen LogP contribution >= 0.6 is 0 Å². The van der Waals surface area contributed by atoms with Crippen molar-refractivity contribution in [2.75, 3.05) is 13.7 Å². The highest BCUT2D eigenvalue weighted by atomic mass is 16.8. The molecule has 4 heteroatoms. The van der Waals surface area contributed by atoms with Crippen LogP contribution in [0.3, 0.4) is 0 Å². The molecule has 0 heterocycles. The molecule has 0 saturated carbocycles. The number of carbonyl (C=O) groups is 1. The summed E-state index contributed by atoms with van der Waals surface area (Å²) >= 11 is 0. The van der Waals surface area contributed by atoms with Gasteiger partial charge in [0.2, 0.25) is 0 Å². The zero-order valence-corrected chi connectivity index (χ0v) is 7.43. The van der Waals surface area contributed by atoms with E-state index < -0.39 is 6.16 Å². The minimum absolute atomic E-state index is 0.0211. The summed E-state index contributed by atoms with van der Waals surface area (Å²) in [5.74, 6) is 0. The molecule has 0 spiro atoms. The number of hydrogen-bond donors (Lipinski definition) is 1. The van der Waals surface area contributed by atoms with Crippen LogP contribution in [0.15, 0.2) is 0 Å². The molecule has 66 valence electrons. The van der Waals surface area contributed by atoms with Crippen LogP contribution < -0.4 is 5.48 Å². The number of hydroxylamine groups is 1. The van der Waals surface area contributed by atoms with Crippen molar-refractivity contribution in [1.82, 2.24) is 5.48 Å². The van der Waals surface area contributed by atoms with Gasteiger partial charge in [-0.2, -0.15) is 5.48 Å². The molecule has 0 aromatic carbocycles. The van der Waals surface area contributed by atoms with Gasteiger partial charge in [0, 0.05) is 7.05 Å². The van der Waals surface area contributed by atoms with E-state index in [1.165, 1.54) is 7.05 Å². The van der Waals surface area contributed by atoms with Crippen molar-refractivity contribution in [3.05, 3.63) is 0 Å². The van der Waals surface area contributed by atoms with E-state index in [0.29, 0.717) is 6.61 Å². The monoisotopic (exact) mass is 161 g/mol. The molecule has 11 heavy (non-hydrogen) atoms. The van der Waals surface area contributed by atoms with Crippen molar-refractivity contribution < 1.29 is 14.4 Å². The number of ether oxygens (including phenoxy) is 1. The second-order valence-electron chi connectivity index (χ2n) is 3.41. The molecular formula is C7H15NO3. The molecule has 0 rings (SSSR count). The predicted molar refractivity (Wildman–Crippen MR) is 40.9 cm³/mol. The standard InChI is InChI=1S/C7H15NO3/c1-7(2,3)5-10-6(9)11-8-4/h8H,5H2,1-4H3. The van der Waals surface area contributed by atoms with Crippen molar-refractivity contribution in [2.24, 2.45) is 5.41 Å². The van der Waals surface area contributed by atoms with Gasteiger partial charge in [-0.3, -0.25) is 0 Å². The van der Waals surface area contributed by atoms with Gasteiger partial charge in [-0.1, -0.05) is 20.8 Å². The van der Waals surface area contributed by atoms with Crippen LogP contribution in [0.4, 0.5) is 4.79 Å². The van der Waals surface area contributed by atoms with Crippen LogP contribution in [0.2, 0.25) is 0 Å². The highest BCUT2D eigenvalue weighted by Gasteiger charge is 2.13. The molecule has 0 aromatic heterocycles. The van der Waals surface area contributed by atoms with Crippen molar-refractivity contribution in [2.45, 2.75) is 20.8 Å². The van der Waals surface area contributed by atoms with E-state index in [0.717, 1.165) is 0 Å². The van der Waals surface area contributed by atoms with Crippen LogP contribution in [-0.4, -0.2) is 19.8 Å². The second-order valence-corrected chi connectivity index (χ2v) is 3.41. The summed E-state index contributed by atoms with van der Waals surface area (Å²) in [6.07, 6.45) is -0.692. The predicted octanol–water partition coefficient (Wildman–Crippen LogP) is 1.32. The molecule has 4 nitrogen and oxygen atoms in total. The molecule has 0 aliphatic carbocycles. The summed E-state index contributed by atoms with van der Waals surface area (Å²) < 4.78 is 4.72. The third-order valence-corrected chi connectivity index (χ3v) is 0.808. The largest absolute Gasteiger partial charge is 0.527 e. The van der Waals surface area contributed by atoms with Gasteiger partial charge < -0.3 is 9.57 Å². The lowest BCUT2D eigenvalue weighted by molar-refractivity contribution is 0.00754. The van der Waals surface area contributed by atoms with Crippen molar-refractivity contribution >= 4 is 6.16 Å². The van der Waals surface area contributed by atoms with E-state index in [4.69, 9.17) is 4.74 Å². The minimum Gasteiger partial charge on any atom is -0.432 e. The summed E-state index contributed by atoms with van der Waals surface area (Å²) in [5, 5.41) is 0. The quantitative estimate of drug-likeness (QED) is 0.490. The smallest absolute Gasteiger partial charge is 0.432 e. The van der Waals surface area contributed by atoms with Gasteiger partial charge in [-0.05, 0) is 5.41 Å². The maximum absolute atomic E-state index is 10.6. The third-order valence-electron chi connectivity index (χ3n) is 0.808. The zero-order chi connectivity index (χ0) is 8.91. The fraction of sp³-hybridized carbons (Fsp3) is 0.857. The normalized spacial score (nSPS) is 10.9. The molecule has 0 bridgehead atoms. The van der Waals surface area contributed by atoms with Gasteiger partial charge >= 0.3 is 6.16 Å². The Hall–Kier alpha value is -0.770. The first-order valence-electron chi connectivity index (χ1n) is 3.46. The van der Waals surface area contributed by atoms with Crippen molar-refractivity contribution in [1.29, 1.82) is 0 Å². The number of nitrogens with one attached hydrogen (secondary N) is 1. The van der Waals surface area contributed by atoms with E-state index in [1.54, 1.807) is 0 Å². The highest BCUT2D eigenvalue weighted by molar-refractivity contribution is 5.59. The van der Waals surface area contributed by atoms with Gasteiger partial charge in [0.1, 0.15) is 0 Å². The summed E-state index contributed by atoms with van der Waals surface area (Å²) in [6, 6.07) is 0. The molecule has 0 amide bonds. The van der Waals surface area contributed by atoms with E-state index in [1.807, 2.05) is 20.8 Å². The lowest BCUT2D eigenvalue weighted by atomic mass is 9.99. The Morgan fingerprint density at radius 2 is 2.00 bits per heavy atom. The fourth-order valence-electron chi connectivity index (χ4n) is 0.388. The van der Waals surface area contributed by atoms with E-state index in [2.05, 4.69) is 10.3 Å². The van der Waals surface area contributed by atoms with Gasteiger partial charge in [0.05, 0.1) is 6.61 Å². The summed E-state index contributed by atoms with van der Waals surface area (Å²) in [5.41, 5.74) is 2.21. The Balaban J connectivity index is 3.46. The van der Waals surface area contributed by atoms with Crippen molar-refractivity contribution in [3.8, 4) is 0 Å². The minimum atomic E-state index is -0.692. The summed E-state index contributed by atoms with van der Waals surface area (Å²) in [7, 11) is 1.50. The van der Waals surface area contributed by atoms with Crippen LogP contribution in [0.1, 0.15) is 20.8 Å². The van der Waals surface area contributed by atoms with Gasteiger partial charge in [0.25, 0.3) is 0 Å². The maximum Gasteiger partial charge on any atom is 0.527 e. The van der Waals surface area contributed by atoms with Crippen LogP contribution in [0.5, 0.6) is 0 Å². The molecule has 0 aliphatic heterocycles. The molecule has 0 atom stereocenters. The molecule has 1 N–H and O–H groups in total. The summed E-state index contributed by atoms with van der Waals surface area (Å²) in [4.78, 5) is 14.9. The molecule has 0 saturated heterocycles. The Labute approximate surface area is 66.8 Å². The van der Waals surface area contributed by atoms with Gasteiger partial charge in [-0.15, -0.1) is 0 Å². The van der Waals surface area contributed by atoms with E-state index >= 15 is 0 Å². The maximum atomic E-state index is 10.6. The lowest BCUT2D eigenvalue weighted by Gasteiger charge is -2.16. The first kappa shape index (κ1) is 10.2. The molecule has 0 fully saturated rings. The lowest BCUT2D eigenvalue weighted by Crippen LogP contribution is -2.22.